The number of aromatic nitrogens is 5. The standard InChI is InChI=1S/C6H3Cl2N5/c7-4-1-10-6(8)12-5(4)13-3-9-2-11-13/h1-3H. The maximum absolute atomic E-state index is 5.82. The molecule has 0 radical (unpaired) electrons. The fourth-order valence-corrected chi connectivity index (χ4v) is 1.12. The molecule has 0 N–H and O–H groups in total. The lowest BCUT2D eigenvalue weighted by atomic mass is 10.6. The minimum absolute atomic E-state index is 0.120. The van der Waals surface area contributed by atoms with Crippen molar-refractivity contribution in [3.8, 4) is 5.82 Å². The largest absolute Gasteiger partial charge is 0.225 e. The molecule has 2 heterocycles. The molecular formula is C6H3Cl2N5. The zero-order valence-electron chi connectivity index (χ0n) is 6.22. The van der Waals surface area contributed by atoms with E-state index in [1.54, 1.807) is 0 Å². The Morgan fingerprint density at radius 3 is 2.85 bits per heavy atom. The van der Waals surface area contributed by atoms with E-state index >= 15 is 0 Å². The Labute approximate surface area is 83.4 Å². The Kier molecular flexibility index (Phi) is 2.12. The average Bonchev–Trinajstić information content (AvgIpc) is 2.61. The van der Waals surface area contributed by atoms with Crippen LogP contribution in [0.5, 0.6) is 0 Å². The van der Waals surface area contributed by atoms with E-state index in [9.17, 15) is 0 Å². The van der Waals surface area contributed by atoms with E-state index in [4.69, 9.17) is 23.2 Å². The van der Waals surface area contributed by atoms with Crippen LogP contribution >= 0.6 is 23.2 Å². The van der Waals surface area contributed by atoms with Crippen LogP contribution in [0.3, 0.4) is 0 Å². The SMILES string of the molecule is Clc1ncc(Cl)c(-n2cncn2)n1. The smallest absolute Gasteiger partial charge is 0.224 e. The number of nitrogens with zero attached hydrogens (tertiary/aromatic N) is 5. The van der Waals surface area contributed by atoms with Gasteiger partial charge in [-0.1, -0.05) is 11.6 Å². The first kappa shape index (κ1) is 8.40. The van der Waals surface area contributed by atoms with E-state index in [1.165, 1.54) is 23.5 Å². The third-order valence-corrected chi connectivity index (χ3v) is 1.78. The number of hydrogen-bond acceptors (Lipinski definition) is 4. The van der Waals surface area contributed by atoms with Gasteiger partial charge in [0.05, 0.1) is 6.20 Å². The van der Waals surface area contributed by atoms with E-state index in [1.807, 2.05) is 0 Å². The lowest BCUT2D eigenvalue weighted by Gasteiger charge is -2.00. The predicted octanol–water partition coefficient (Wildman–Crippen LogP) is 1.36. The average molecular weight is 216 g/mol. The Balaban J connectivity index is 2.57. The second-order valence-electron chi connectivity index (χ2n) is 2.15. The maximum atomic E-state index is 5.82. The summed E-state index contributed by atoms with van der Waals surface area (Å²) in [5.41, 5.74) is 0. The van der Waals surface area contributed by atoms with Crippen LogP contribution in [0.1, 0.15) is 0 Å². The molecule has 0 fully saturated rings. The molecule has 2 aromatic heterocycles. The summed E-state index contributed by atoms with van der Waals surface area (Å²) in [6, 6.07) is 0. The van der Waals surface area contributed by atoms with E-state index < -0.39 is 0 Å². The molecule has 0 aromatic carbocycles. The predicted molar refractivity (Wildman–Crippen MR) is 47.0 cm³/mol. The van der Waals surface area contributed by atoms with Crippen LogP contribution in [-0.4, -0.2) is 24.7 Å². The number of hydrogen-bond donors (Lipinski definition) is 0. The highest BCUT2D eigenvalue weighted by atomic mass is 35.5. The minimum atomic E-state index is 0.120. The molecule has 0 saturated heterocycles. The van der Waals surface area contributed by atoms with Crippen LogP contribution in [0.15, 0.2) is 18.9 Å². The van der Waals surface area contributed by atoms with E-state index in [0.29, 0.717) is 10.8 Å². The van der Waals surface area contributed by atoms with Crippen molar-refractivity contribution in [2.75, 3.05) is 0 Å². The van der Waals surface area contributed by atoms with Crippen LogP contribution in [0, 0.1) is 0 Å². The fourth-order valence-electron chi connectivity index (χ4n) is 0.816. The first-order valence-electron chi connectivity index (χ1n) is 3.30. The van der Waals surface area contributed by atoms with Crippen molar-refractivity contribution >= 4 is 23.2 Å². The second-order valence-corrected chi connectivity index (χ2v) is 2.90. The minimum Gasteiger partial charge on any atom is -0.225 e. The zero-order chi connectivity index (χ0) is 9.26. The van der Waals surface area contributed by atoms with Crippen LogP contribution < -0.4 is 0 Å². The molecule has 0 amide bonds. The zero-order valence-corrected chi connectivity index (χ0v) is 7.74. The Morgan fingerprint density at radius 2 is 2.15 bits per heavy atom. The summed E-state index contributed by atoms with van der Waals surface area (Å²) in [6.07, 6.45) is 4.27. The molecule has 0 bridgehead atoms. The quantitative estimate of drug-likeness (QED) is 0.675. The van der Waals surface area contributed by atoms with Gasteiger partial charge in [-0.25, -0.2) is 14.6 Å². The van der Waals surface area contributed by atoms with Gasteiger partial charge in [0.25, 0.3) is 0 Å². The van der Waals surface area contributed by atoms with Crippen molar-refractivity contribution < 1.29 is 0 Å². The molecule has 2 rings (SSSR count). The fraction of sp³-hybridized carbons (Fsp3) is 0. The highest BCUT2D eigenvalue weighted by Gasteiger charge is 2.06. The highest BCUT2D eigenvalue weighted by Crippen LogP contribution is 2.16. The molecule has 7 heteroatoms. The van der Waals surface area contributed by atoms with Gasteiger partial charge >= 0.3 is 0 Å². The second kappa shape index (κ2) is 3.27. The first-order chi connectivity index (χ1) is 6.27. The van der Waals surface area contributed by atoms with Gasteiger partial charge in [0.1, 0.15) is 17.7 Å². The van der Waals surface area contributed by atoms with Crippen molar-refractivity contribution in [1.82, 2.24) is 24.7 Å². The van der Waals surface area contributed by atoms with Crippen molar-refractivity contribution in [2.24, 2.45) is 0 Å². The van der Waals surface area contributed by atoms with E-state index in [2.05, 4.69) is 20.1 Å². The number of rotatable bonds is 1. The molecule has 0 saturated carbocycles. The van der Waals surface area contributed by atoms with Crippen molar-refractivity contribution in [3.63, 3.8) is 0 Å². The lowest BCUT2D eigenvalue weighted by molar-refractivity contribution is 0.838. The monoisotopic (exact) mass is 215 g/mol. The van der Waals surface area contributed by atoms with Gasteiger partial charge in [0, 0.05) is 0 Å². The molecule has 0 unspecified atom stereocenters. The molecule has 0 aliphatic carbocycles. The summed E-state index contributed by atoms with van der Waals surface area (Å²) < 4.78 is 1.41. The van der Waals surface area contributed by atoms with Crippen LogP contribution in [0.2, 0.25) is 10.3 Å². The first-order valence-corrected chi connectivity index (χ1v) is 4.06. The summed E-state index contributed by atoms with van der Waals surface area (Å²) in [7, 11) is 0. The third kappa shape index (κ3) is 1.61. The highest BCUT2D eigenvalue weighted by molar-refractivity contribution is 6.32. The lowest BCUT2D eigenvalue weighted by Crippen LogP contribution is -2.00. The Hall–Kier alpha value is -1.20. The third-order valence-electron chi connectivity index (χ3n) is 1.33. The molecule has 13 heavy (non-hydrogen) atoms. The van der Waals surface area contributed by atoms with Crippen molar-refractivity contribution in [1.29, 1.82) is 0 Å². The molecule has 5 nitrogen and oxygen atoms in total. The van der Waals surface area contributed by atoms with Gasteiger partial charge < -0.3 is 0 Å². The van der Waals surface area contributed by atoms with Crippen LogP contribution in [0.4, 0.5) is 0 Å². The van der Waals surface area contributed by atoms with Crippen LogP contribution in [-0.2, 0) is 0 Å². The van der Waals surface area contributed by atoms with Gasteiger partial charge in [-0.15, -0.1) is 0 Å². The topological polar surface area (TPSA) is 56.5 Å². The number of halogens is 2. The van der Waals surface area contributed by atoms with Crippen molar-refractivity contribution in [2.45, 2.75) is 0 Å². The summed E-state index contributed by atoms with van der Waals surface area (Å²) in [5, 5.41) is 4.35. The summed E-state index contributed by atoms with van der Waals surface area (Å²) in [4.78, 5) is 11.4. The Bertz CT molecular complexity index is 413. The van der Waals surface area contributed by atoms with Crippen molar-refractivity contribution in [3.05, 3.63) is 29.2 Å². The maximum Gasteiger partial charge on any atom is 0.224 e. The Morgan fingerprint density at radius 1 is 1.31 bits per heavy atom. The van der Waals surface area contributed by atoms with E-state index in [-0.39, 0.29) is 5.28 Å². The molecule has 0 atom stereocenters. The molecular weight excluding hydrogens is 213 g/mol. The molecule has 66 valence electrons. The summed E-state index contributed by atoms with van der Waals surface area (Å²) in [5.74, 6) is 0.416. The normalized spacial score (nSPS) is 10.3. The van der Waals surface area contributed by atoms with Gasteiger partial charge in [-0.2, -0.15) is 10.1 Å². The van der Waals surface area contributed by atoms with Crippen LogP contribution in [0.25, 0.3) is 5.82 Å². The molecule has 0 spiro atoms. The molecule has 0 aliphatic heterocycles. The molecule has 2 aromatic rings. The van der Waals surface area contributed by atoms with Gasteiger partial charge in [0.15, 0.2) is 5.82 Å². The van der Waals surface area contributed by atoms with E-state index in [0.717, 1.165) is 0 Å². The van der Waals surface area contributed by atoms with Gasteiger partial charge in [0.2, 0.25) is 5.28 Å². The summed E-state index contributed by atoms with van der Waals surface area (Å²) >= 11 is 11.4. The van der Waals surface area contributed by atoms with Gasteiger partial charge in [-0.05, 0) is 11.6 Å². The van der Waals surface area contributed by atoms with Gasteiger partial charge in [-0.3, -0.25) is 0 Å². The molecule has 0 aliphatic rings. The summed E-state index contributed by atoms with van der Waals surface area (Å²) in [6.45, 7) is 0.